The summed E-state index contributed by atoms with van der Waals surface area (Å²) >= 11 is 2.01. The molecule has 0 bridgehead atoms. The Balaban J connectivity index is 1.37. The molecule has 0 aliphatic heterocycles. The number of amides is 1. The van der Waals surface area contributed by atoms with E-state index in [-0.39, 0.29) is 5.91 Å². The molecule has 0 saturated carbocycles. The molecule has 2 nitrogen and oxygen atoms in total. The normalized spacial score (nSPS) is 10.6. The molecule has 0 aliphatic rings. The van der Waals surface area contributed by atoms with Crippen molar-refractivity contribution < 1.29 is 4.79 Å². The van der Waals surface area contributed by atoms with Crippen LogP contribution < -0.4 is 5.32 Å². The lowest BCUT2D eigenvalue weighted by molar-refractivity contribution is -0.121. The minimum absolute atomic E-state index is 0.201. The summed E-state index contributed by atoms with van der Waals surface area (Å²) in [5, 5.41) is 3.04. The zero-order valence-corrected chi connectivity index (χ0v) is 16.5. The highest BCUT2D eigenvalue weighted by Gasteiger charge is 2.01. The van der Waals surface area contributed by atoms with E-state index in [2.05, 4.69) is 59.9 Å². The van der Waals surface area contributed by atoms with Gasteiger partial charge < -0.3 is 5.32 Å². The number of benzene rings is 2. The summed E-state index contributed by atoms with van der Waals surface area (Å²) < 4.78 is 0. The molecule has 0 atom stereocenters. The Morgan fingerprint density at radius 2 is 1.31 bits per heavy atom. The number of aryl methyl sites for hydroxylation is 2. The molecular formula is C23H31NOS. The first-order valence-electron chi connectivity index (χ1n) is 9.77. The van der Waals surface area contributed by atoms with Crippen molar-refractivity contribution in [2.45, 2.75) is 44.9 Å². The highest BCUT2D eigenvalue weighted by atomic mass is 32.2. The minimum Gasteiger partial charge on any atom is -0.356 e. The number of thioether (sulfide) groups is 1. The smallest absolute Gasteiger partial charge is 0.219 e. The summed E-state index contributed by atoms with van der Waals surface area (Å²) in [4.78, 5) is 11.8. The van der Waals surface area contributed by atoms with Crippen LogP contribution in [0.2, 0.25) is 0 Å². The fourth-order valence-electron chi connectivity index (χ4n) is 2.87. The van der Waals surface area contributed by atoms with Crippen LogP contribution in [0.1, 0.15) is 43.2 Å². The summed E-state index contributed by atoms with van der Waals surface area (Å²) in [6.45, 7) is 0.780. The van der Waals surface area contributed by atoms with E-state index in [1.807, 2.05) is 17.8 Å². The monoisotopic (exact) mass is 369 g/mol. The molecule has 2 rings (SSSR count). The maximum Gasteiger partial charge on any atom is 0.219 e. The Morgan fingerprint density at radius 3 is 1.96 bits per heavy atom. The number of rotatable bonds is 13. The molecule has 0 radical (unpaired) electrons. The second-order valence-electron chi connectivity index (χ2n) is 6.60. The molecule has 140 valence electrons. The number of nitrogens with one attached hydrogen (secondary N) is 1. The lowest BCUT2D eigenvalue weighted by Gasteiger charge is -2.06. The maximum absolute atomic E-state index is 11.8. The van der Waals surface area contributed by atoms with E-state index >= 15 is 0 Å². The summed E-state index contributed by atoms with van der Waals surface area (Å²) in [5.41, 5.74) is 2.77. The van der Waals surface area contributed by atoms with Crippen LogP contribution >= 0.6 is 11.8 Å². The van der Waals surface area contributed by atoms with E-state index in [1.165, 1.54) is 29.7 Å². The Hall–Kier alpha value is -1.74. The molecule has 0 saturated heterocycles. The molecular weight excluding hydrogens is 338 g/mol. The van der Waals surface area contributed by atoms with E-state index in [1.54, 1.807) is 0 Å². The second-order valence-corrected chi connectivity index (χ2v) is 7.82. The van der Waals surface area contributed by atoms with Gasteiger partial charge in [-0.05, 0) is 61.2 Å². The van der Waals surface area contributed by atoms with Gasteiger partial charge >= 0.3 is 0 Å². The zero-order chi connectivity index (χ0) is 18.3. The quantitative estimate of drug-likeness (QED) is 0.487. The van der Waals surface area contributed by atoms with Gasteiger partial charge in [-0.25, -0.2) is 0 Å². The number of hydrogen-bond acceptors (Lipinski definition) is 2. The van der Waals surface area contributed by atoms with Crippen LogP contribution in [0.25, 0.3) is 0 Å². The van der Waals surface area contributed by atoms with Crippen molar-refractivity contribution in [1.29, 1.82) is 0 Å². The molecule has 0 spiro atoms. The van der Waals surface area contributed by atoms with Crippen molar-refractivity contribution in [3.63, 3.8) is 0 Å². The topological polar surface area (TPSA) is 29.1 Å². The predicted octanol–water partition coefficient (Wildman–Crippen LogP) is 5.27. The van der Waals surface area contributed by atoms with Crippen LogP contribution in [0.15, 0.2) is 60.7 Å². The molecule has 0 fully saturated rings. The Bertz CT molecular complexity index is 600. The van der Waals surface area contributed by atoms with Gasteiger partial charge in [0.1, 0.15) is 0 Å². The maximum atomic E-state index is 11.8. The Kier molecular flexibility index (Phi) is 10.7. The van der Waals surface area contributed by atoms with Gasteiger partial charge in [0.2, 0.25) is 5.91 Å². The van der Waals surface area contributed by atoms with Crippen LogP contribution in [0, 0.1) is 0 Å². The van der Waals surface area contributed by atoms with Gasteiger partial charge in [-0.3, -0.25) is 4.79 Å². The summed E-state index contributed by atoms with van der Waals surface area (Å²) in [6, 6.07) is 21.1. The minimum atomic E-state index is 0.201. The standard InChI is InChI=1S/C23H31NOS/c25-23(24-18-9-15-21-11-3-1-4-12-21)17-7-8-19-26-20-10-16-22-13-5-2-6-14-22/h1-6,11-14H,7-10,15-20H2,(H,24,25). The van der Waals surface area contributed by atoms with E-state index < -0.39 is 0 Å². The SMILES string of the molecule is O=C(CCCCSCCCc1ccccc1)NCCCc1ccccc1. The third-order valence-electron chi connectivity index (χ3n) is 4.35. The number of carbonyl (C=O) groups is 1. The summed E-state index contributed by atoms with van der Waals surface area (Å²) in [6.07, 6.45) is 7.23. The van der Waals surface area contributed by atoms with Crippen molar-refractivity contribution in [2.75, 3.05) is 18.1 Å². The van der Waals surface area contributed by atoms with Gasteiger partial charge in [-0.1, -0.05) is 60.7 Å². The molecule has 1 N–H and O–H groups in total. The second kappa shape index (κ2) is 13.5. The summed E-state index contributed by atoms with van der Waals surface area (Å²) in [5.74, 6) is 2.57. The van der Waals surface area contributed by atoms with Crippen molar-refractivity contribution in [2.24, 2.45) is 0 Å². The molecule has 0 aliphatic carbocycles. The lowest BCUT2D eigenvalue weighted by Crippen LogP contribution is -2.24. The number of hydrogen-bond donors (Lipinski definition) is 1. The number of unbranched alkanes of at least 4 members (excludes halogenated alkanes) is 1. The van der Waals surface area contributed by atoms with Gasteiger partial charge in [0.05, 0.1) is 0 Å². The lowest BCUT2D eigenvalue weighted by atomic mass is 10.1. The van der Waals surface area contributed by atoms with Gasteiger partial charge in [0, 0.05) is 13.0 Å². The van der Waals surface area contributed by atoms with Crippen LogP contribution in [-0.4, -0.2) is 24.0 Å². The molecule has 3 heteroatoms. The van der Waals surface area contributed by atoms with Gasteiger partial charge in [0.25, 0.3) is 0 Å². The molecule has 26 heavy (non-hydrogen) atoms. The largest absolute Gasteiger partial charge is 0.356 e. The van der Waals surface area contributed by atoms with Gasteiger partial charge in [-0.15, -0.1) is 0 Å². The zero-order valence-electron chi connectivity index (χ0n) is 15.7. The van der Waals surface area contributed by atoms with E-state index in [9.17, 15) is 4.79 Å². The average molecular weight is 370 g/mol. The van der Waals surface area contributed by atoms with E-state index in [4.69, 9.17) is 0 Å². The highest BCUT2D eigenvalue weighted by Crippen LogP contribution is 2.11. The Morgan fingerprint density at radius 1 is 0.731 bits per heavy atom. The number of carbonyl (C=O) groups excluding carboxylic acids is 1. The van der Waals surface area contributed by atoms with Crippen molar-refractivity contribution in [3.05, 3.63) is 71.8 Å². The fraction of sp³-hybridized carbons (Fsp3) is 0.435. The van der Waals surface area contributed by atoms with Crippen molar-refractivity contribution in [1.82, 2.24) is 5.32 Å². The first-order valence-corrected chi connectivity index (χ1v) is 10.9. The van der Waals surface area contributed by atoms with E-state index in [0.717, 1.165) is 38.0 Å². The van der Waals surface area contributed by atoms with Crippen LogP contribution in [0.4, 0.5) is 0 Å². The molecule has 2 aromatic rings. The van der Waals surface area contributed by atoms with Crippen LogP contribution in [0.3, 0.4) is 0 Å². The third kappa shape index (κ3) is 9.67. The summed E-state index contributed by atoms with van der Waals surface area (Å²) in [7, 11) is 0. The molecule has 1 amide bonds. The van der Waals surface area contributed by atoms with Crippen molar-refractivity contribution in [3.8, 4) is 0 Å². The van der Waals surface area contributed by atoms with Crippen LogP contribution in [0.5, 0.6) is 0 Å². The van der Waals surface area contributed by atoms with Crippen molar-refractivity contribution >= 4 is 17.7 Å². The molecule has 2 aromatic carbocycles. The highest BCUT2D eigenvalue weighted by molar-refractivity contribution is 7.99. The third-order valence-corrected chi connectivity index (χ3v) is 5.50. The molecule has 0 aromatic heterocycles. The first kappa shape index (κ1) is 20.6. The Labute approximate surface area is 162 Å². The van der Waals surface area contributed by atoms with Gasteiger partial charge in [0.15, 0.2) is 0 Å². The first-order chi connectivity index (χ1) is 12.8. The predicted molar refractivity (Wildman–Crippen MR) is 114 cm³/mol. The fourth-order valence-corrected chi connectivity index (χ4v) is 3.83. The van der Waals surface area contributed by atoms with E-state index in [0.29, 0.717) is 6.42 Å². The average Bonchev–Trinajstić information content (AvgIpc) is 2.69. The van der Waals surface area contributed by atoms with Crippen LogP contribution in [-0.2, 0) is 17.6 Å². The molecule has 0 heterocycles. The molecule has 0 unspecified atom stereocenters. The van der Waals surface area contributed by atoms with Gasteiger partial charge in [-0.2, -0.15) is 11.8 Å².